The molecule has 3 heterocycles. The Hall–Kier alpha value is -4.75. The number of nitrogens with zero attached hydrogens (tertiary/aromatic N) is 1. The molecular formula is C49H49B2N. The summed E-state index contributed by atoms with van der Waals surface area (Å²) in [5.74, 6) is 0. The summed E-state index contributed by atoms with van der Waals surface area (Å²) in [4.78, 5) is 0. The minimum atomic E-state index is 0.0542. The van der Waals surface area contributed by atoms with Crippen LogP contribution in [0.25, 0.3) is 38.6 Å². The molecule has 0 radical (unpaired) electrons. The zero-order valence-corrected chi connectivity index (χ0v) is 33.4. The summed E-state index contributed by atoms with van der Waals surface area (Å²) in [5, 5.41) is 2.77. The summed E-state index contributed by atoms with van der Waals surface area (Å²) < 4.78 is 2.71. The maximum Gasteiger partial charge on any atom is 0.245 e. The van der Waals surface area contributed by atoms with Crippen molar-refractivity contribution in [3.63, 3.8) is 0 Å². The molecule has 0 unspecified atom stereocenters. The Morgan fingerprint density at radius 2 is 0.885 bits per heavy atom. The van der Waals surface area contributed by atoms with Gasteiger partial charge in [-0.2, -0.15) is 0 Å². The standard InChI is InChI=1S/C49H49B2N/c1-24-27(4)33(10)45(34(11)28(24)5)50-39-20-14-15-23-42(39)52-48-36(13)30(7)26(3)32(9)44(48)38-19-17-22-41(49(38)52)51-46-35(12)29(6)25(2)31(8)43(46)37-18-16-21-40(50)47(37)51/h14-23H,1-13H3. The van der Waals surface area contributed by atoms with Crippen LogP contribution in [0.4, 0.5) is 0 Å². The van der Waals surface area contributed by atoms with Crippen molar-refractivity contribution in [2.75, 3.05) is 0 Å². The van der Waals surface area contributed by atoms with Crippen LogP contribution >= 0.6 is 0 Å². The van der Waals surface area contributed by atoms with E-state index in [1.807, 2.05) is 0 Å². The second-order valence-electron chi connectivity index (χ2n) is 16.4. The first-order valence-electron chi connectivity index (χ1n) is 19.2. The molecule has 0 bridgehead atoms. The highest BCUT2D eigenvalue weighted by Gasteiger charge is 2.44. The summed E-state index contributed by atoms with van der Waals surface area (Å²) in [7, 11) is 0. The van der Waals surface area contributed by atoms with E-state index in [0.29, 0.717) is 0 Å². The van der Waals surface area contributed by atoms with E-state index in [1.54, 1.807) is 0 Å². The third-order valence-corrected chi connectivity index (χ3v) is 14.6. The van der Waals surface area contributed by atoms with Gasteiger partial charge in [-0.25, -0.2) is 0 Å². The molecular weight excluding hydrogens is 624 g/mol. The molecule has 0 fully saturated rings. The molecule has 0 saturated carbocycles. The first-order valence-corrected chi connectivity index (χ1v) is 19.2. The third kappa shape index (κ3) is 3.92. The second-order valence-corrected chi connectivity index (χ2v) is 16.4. The van der Waals surface area contributed by atoms with Crippen molar-refractivity contribution in [2.45, 2.75) is 90.0 Å². The smallest absolute Gasteiger partial charge is 0.245 e. The van der Waals surface area contributed by atoms with Crippen LogP contribution in [-0.2, 0) is 0 Å². The fourth-order valence-electron chi connectivity index (χ4n) is 10.8. The average molecular weight is 674 g/mol. The SMILES string of the molecule is Cc1c(C)c(C)c(B2c3ccccc3-n3c4c(cccc4c4c(C)c(C)c(C)c(C)c43)B3c4c2cccc4-c2c(C)c(C)c(C)c(C)c23)c(C)c1C. The third-order valence-electron chi connectivity index (χ3n) is 14.6. The molecule has 0 atom stereocenters. The summed E-state index contributed by atoms with van der Waals surface area (Å²) in [6.45, 7) is 30.7. The van der Waals surface area contributed by atoms with E-state index in [2.05, 4.69) is 155 Å². The highest BCUT2D eigenvalue weighted by molar-refractivity contribution is 7.07. The highest BCUT2D eigenvalue weighted by atomic mass is 15.0. The van der Waals surface area contributed by atoms with Gasteiger partial charge in [0.05, 0.1) is 5.52 Å². The molecule has 52 heavy (non-hydrogen) atoms. The van der Waals surface area contributed by atoms with Gasteiger partial charge >= 0.3 is 0 Å². The Balaban J connectivity index is 1.61. The van der Waals surface area contributed by atoms with E-state index in [9.17, 15) is 0 Å². The van der Waals surface area contributed by atoms with E-state index in [1.165, 1.54) is 144 Å². The fourth-order valence-corrected chi connectivity index (χ4v) is 10.8. The van der Waals surface area contributed by atoms with Gasteiger partial charge in [-0.15, -0.1) is 0 Å². The number of benzene rings is 6. The van der Waals surface area contributed by atoms with Crippen LogP contribution in [0.15, 0.2) is 60.7 Å². The summed E-state index contributed by atoms with van der Waals surface area (Å²) in [6, 6.07) is 23.9. The molecule has 9 rings (SSSR count). The van der Waals surface area contributed by atoms with Gasteiger partial charge < -0.3 is 4.57 Å². The number of aryl methyl sites for hydroxylation is 2. The van der Waals surface area contributed by atoms with Crippen LogP contribution in [0.5, 0.6) is 0 Å². The number of hydrogen-bond donors (Lipinski definition) is 0. The highest BCUT2D eigenvalue weighted by Crippen LogP contribution is 2.40. The number of rotatable bonds is 1. The van der Waals surface area contributed by atoms with Crippen LogP contribution in [-0.4, -0.2) is 18.0 Å². The van der Waals surface area contributed by atoms with Crippen LogP contribution in [0, 0.1) is 90.0 Å². The van der Waals surface area contributed by atoms with E-state index >= 15 is 0 Å². The van der Waals surface area contributed by atoms with Crippen LogP contribution in [0.3, 0.4) is 0 Å². The van der Waals surface area contributed by atoms with E-state index in [4.69, 9.17) is 0 Å². The lowest BCUT2D eigenvalue weighted by Crippen LogP contribution is -2.64. The predicted octanol–water partition coefficient (Wildman–Crippen LogP) is 8.12. The van der Waals surface area contributed by atoms with Gasteiger partial charge in [0.15, 0.2) is 0 Å². The number of fused-ring (bicyclic) bond motifs is 9. The molecule has 3 heteroatoms. The molecule has 256 valence electrons. The van der Waals surface area contributed by atoms with Crippen molar-refractivity contribution >= 4 is 68.0 Å². The zero-order chi connectivity index (χ0) is 36.8. The van der Waals surface area contributed by atoms with E-state index < -0.39 is 0 Å². The van der Waals surface area contributed by atoms with Crippen LogP contribution in [0.1, 0.15) is 72.3 Å². The monoisotopic (exact) mass is 673 g/mol. The fraction of sp³-hybridized carbons (Fsp3) is 0.265. The molecule has 2 aliphatic rings. The quantitative estimate of drug-likeness (QED) is 0.155. The van der Waals surface area contributed by atoms with Crippen molar-refractivity contribution in [3.8, 4) is 16.8 Å². The van der Waals surface area contributed by atoms with Crippen molar-refractivity contribution in [2.24, 2.45) is 0 Å². The van der Waals surface area contributed by atoms with Gasteiger partial charge in [-0.1, -0.05) is 93.1 Å². The Morgan fingerprint density at radius 3 is 1.58 bits per heavy atom. The van der Waals surface area contributed by atoms with Gasteiger partial charge in [0.1, 0.15) is 0 Å². The van der Waals surface area contributed by atoms with Crippen LogP contribution < -0.4 is 32.8 Å². The Kier molecular flexibility index (Phi) is 7.09. The molecule has 0 aliphatic carbocycles. The second kappa shape index (κ2) is 11.1. The van der Waals surface area contributed by atoms with Crippen molar-refractivity contribution in [1.29, 1.82) is 0 Å². The van der Waals surface area contributed by atoms with E-state index in [0.717, 1.165) is 0 Å². The predicted molar refractivity (Wildman–Crippen MR) is 230 cm³/mol. The van der Waals surface area contributed by atoms with Gasteiger partial charge in [-0.05, 0) is 174 Å². The first kappa shape index (κ1) is 33.1. The molecule has 7 aromatic rings. The van der Waals surface area contributed by atoms with Crippen molar-refractivity contribution in [3.05, 3.63) is 133 Å². The zero-order valence-electron chi connectivity index (χ0n) is 33.4. The maximum atomic E-state index is 2.71. The first-order chi connectivity index (χ1) is 24.8. The average Bonchev–Trinajstić information content (AvgIpc) is 3.69. The molecule has 0 spiro atoms. The maximum absolute atomic E-state index is 2.71. The van der Waals surface area contributed by atoms with Gasteiger partial charge in [0, 0.05) is 22.0 Å². The van der Waals surface area contributed by atoms with Crippen molar-refractivity contribution in [1.82, 2.24) is 4.57 Å². The van der Waals surface area contributed by atoms with Crippen LogP contribution in [0.2, 0.25) is 0 Å². The van der Waals surface area contributed by atoms with Gasteiger partial charge in [0.2, 0.25) is 13.4 Å². The molecule has 2 aliphatic heterocycles. The van der Waals surface area contributed by atoms with Crippen molar-refractivity contribution < 1.29 is 0 Å². The minimum absolute atomic E-state index is 0.0542. The van der Waals surface area contributed by atoms with Gasteiger partial charge in [-0.3, -0.25) is 0 Å². The van der Waals surface area contributed by atoms with Gasteiger partial charge in [0.25, 0.3) is 0 Å². The minimum Gasteiger partial charge on any atom is -0.310 e. The lowest BCUT2D eigenvalue weighted by Gasteiger charge is -2.28. The number of para-hydroxylation sites is 2. The summed E-state index contributed by atoms with van der Waals surface area (Å²) >= 11 is 0. The molecule has 1 nitrogen and oxygen atoms in total. The topological polar surface area (TPSA) is 4.93 Å². The molecule has 1 aromatic heterocycles. The summed E-state index contributed by atoms with van der Waals surface area (Å²) in [6.07, 6.45) is 0. The normalized spacial score (nSPS) is 13.0. The van der Waals surface area contributed by atoms with E-state index in [-0.39, 0.29) is 13.4 Å². The molecule has 0 saturated heterocycles. The lowest BCUT2D eigenvalue weighted by molar-refractivity contribution is 1.16. The Bertz CT molecular complexity index is 2740. The number of hydrogen-bond acceptors (Lipinski definition) is 0. The molecule has 6 aromatic carbocycles. The Labute approximate surface area is 311 Å². The largest absolute Gasteiger partial charge is 0.310 e. The summed E-state index contributed by atoms with van der Waals surface area (Å²) in [5.41, 5.74) is 34.0. The molecule has 0 N–H and O–H groups in total. The molecule has 0 amide bonds. The Morgan fingerprint density at radius 1 is 0.365 bits per heavy atom. The number of aromatic nitrogens is 1. The lowest BCUT2D eigenvalue weighted by atomic mass is 9.28.